The van der Waals surface area contributed by atoms with Crippen LogP contribution in [0.3, 0.4) is 0 Å². The van der Waals surface area contributed by atoms with Gasteiger partial charge in [0.2, 0.25) is 0 Å². The minimum absolute atomic E-state index is 0.290. The number of fused-ring (bicyclic) bond motifs is 8. The Balaban J connectivity index is 1.04. The molecule has 0 spiro atoms. The summed E-state index contributed by atoms with van der Waals surface area (Å²) in [5, 5.41) is 18.6. The Hall–Kier alpha value is -8.40. The molecule has 0 fully saturated rings. The van der Waals surface area contributed by atoms with Gasteiger partial charge >= 0.3 is 0 Å². The third-order valence-corrected chi connectivity index (χ3v) is 14.4. The molecule has 0 saturated carbocycles. The van der Waals surface area contributed by atoms with Crippen LogP contribution in [0.4, 0.5) is 5.69 Å². The highest BCUT2D eigenvalue weighted by atomic mass is 16.2. The molecule has 1 aliphatic carbocycles. The monoisotopic (exact) mass is 797 g/mol. The van der Waals surface area contributed by atoms with E-state index in [9.17, 15) is 9.59 Å². The van der Waals surface area contributed by atoms with E-state index in [2.05, 4.69) is 146 Å². The van der Waals surface area contributed by atoms with Gasteiger partial charge in [0.25, 0.3) is 11.8 Å². The highest BCUT2D eigenvalue weighted by Gasteiger charge is 2.36. The van der Waals surface area contributed by atoms with Gasteiger partial charge in [0, 0.05) is 16.5 Å². The molecule has 63 heavy (non-hydrogen) atoms. The summed E-state index contributed by atoms with van der Waals surface area (Å²) in [6.45, 7) is 0. The number of carbonyl (C=O) groups excluding carboxylic acids is 2. The summed E-state index contributed by atoms with van der Waals surface area (Å²) in [7, 11) is 0. The number of hydrogen-bond donors (Lipinski definition) is 0. The molecule has 15 rings (SSSR count). The van der Waals surface area contributed by atoms with E-state index in [4.69, 9.17) is 0 Å². The number of hydrogen-bond acceptors (Lipinski definition) is 2. The Morgan fingerprint density at radius 1 is 0.238 bits per heavy atom. The van der Waals surface area contributed by atoms with E-state index in [-0.39, 0.29) is 11.8 Å². The minimum atomic E-state index is -0.290. The molecule has 1 aliphatic heterocycles. The van der Waals surface area contributed by atoms with Crippen LogP contribution in [-0.2, 0) is 0 Å². The molecule has 0 bridgehead atoms. The van der Waals surface area contributed by atoms with E-state index in [1.165, 1.54) is 103 Å². The average Bonchev–Trinajstić information content (AvgIpc) is 3.67. The lowest BCUT2D eigenvalue weighted by molar-refractivity contribution is 0.0893. The van der Waals surface area contributed by atoms with Gasteiger partial charge in [-0.1, -0.05) is 164 Å². The third kappa shape index (κ3) is 4.01. The lowest BCUT2D eigenvalue weighted by Gasteiger charge is -2.28. The molecule has 2 amide bonds. The Morgan fingerprint density at radius 3 is 0.937 bits per heavy atom. The van der Waals surface area contributed by atoms with Gasteiger partial charge in [-0.3, -0.25) is 9.59 Å². The second-order valence-corrected chi connectivity index (χ2v) is 17.3. The molecule has 3 heteroatoms. The van der Waals surface area contributed by atoms with E-state index < -0.39 is 0 Å². The molecule has 13 aromatic rings. The van der Waals surface area contributed by atoms with Gasteiger partial charge in [-0.15, -0.1) is 0 Å². The maximum atomic E-state index is 14.2. The summed E-state index contributed by atoms with van der Waals surface area (Å²) in [5.41, 5.74) is 11.8. The predicted molar refractivity (Wildman–Crippen MR) is 262 cm³/mol. The normalized spacial score (nSPS) is 13.4. The van der Waals surface area contributed by atoms with Gasteiger partial charge in [-0.05, 0) is 150 Å². The van der Waals surface area contributed by atoms with Gasteiger partial charge < -0.3 is 0 Å². The molecule has 0 radical (unpaired) electrons. The molecule has 0 N–H and O–H groups in total. The third-order valence-electron chi connectivity index (χ3n) is 14.4. The number of carbonyl (C=O) groups is 2. The summed E-state index contributed by atoms with van der Waals surface area (Å²) in [4.78, 5) is 29.7. The SMILES string of the molecule is O=C1c2ccc3c4ccc5c6ccc7c8c(ccc(c9ccc(c%10ccc(c2c3%10)C(=O)N1c1ccccc1)c4c59)c86)-c1c-7c(-c2ccccc2)c2ccccc2c1-c1ccccc1. The van der Waals surface area contributed by atoms with Crippen molar-refractivity contribution >= 4 is 104 Å². The summed E-state index contributed by atoms with van der Waals surface area (Å²) in [6, 6.07) is 66.8. The van der Waals surface area contributed by atoms with Crippen molar-refractivity contribution in [1.82, 2.24) is 0 Å². The smallest absolute Gasteiger partial charge is 0.265 e. The zero-order valence-corrected chi connectivity index (χ0v) is 33.7. The largest absolute Gasteiger partial charge is 0.268 e. The van der Waals surface area contributed by atoms with E-state index in [1.807, 2.05) is 42.5 Å². The molecule has 0 aromatic heterocycles. The molecular weight excluding hydrogens is 767 g/mol. The maximum absolute atomic E-state index is 14.2. The minimum Gasteiger partial charge on any atom is -0.268 e. The fourth-order valence-corrected chi connectivity index (χ4v) is 12.0. The number of nitrogens with zero attached hydrogens (tertiary/aromatic N) is 1. The Labute approximate surface area is 360 Å². The van der Waals surface area contributed by atoms with Crippen molar-refractivity contribution in [2.75, 3.05) is 4.90 Å². The predicted octanol–water partition coefficient (Wildman–Crippen LogP) is 15.6. The van der Waals surface area contributed by atoms with E-state index in [1.54, 1.807) is 0 Å². The van der Waals surface area contributed by atoms with Crippen LogP contribution in [0, 0.1) is 0 Å². The van der Waals surface area contributed by atoms with Crippen LogP contribution in [0.25, 0.3) is 131 Å². The topological polar surface area (TPSA) is 37.4 Å². The highest BCUT2D eigenvalue weighted by Crippen LogP contribution is 2.60. The van der Waals surface area contributed by atoms with Crippen molar-refractivity contribution in [3.05, 3.63) is 199 Å². The number of benzene rings is 13. The fourth-order valence-electron chi connectivity index (χ4n) is 12.0. The van der Waals surface area contributed by atoms with Crippen LogP contribution in [0.5, 0.6) is 0 Å². The van der Waals surface area contributed by atoms with Crippen LogP contribution in [-0.4, -0.2) is 11.8 Å². The van der Waals surface area contributed by atoms with Crippen molar-refractivity contribution in [3.63, 3.8) is 0 Å². The van der Waals surface area contributed by atoms with Crippen LogP contribution >= 0.6 is 0 Å². The molecule has 13 aromatic carbocycles. The highest BCUT2D eigenvalue weighted by molar-refractivity contribution is 6.47. The first-order chi connectivity index (χ1) is 31.2. The Morgan fingerprint density at radius 2 is 0.540 bits per heavy atom. The van der Waals surface area contributed by atoms with Gasteiger partial charge in [-0.25, -0.2) is 4.90 Å². The molecule has 0 saturated heterocycles. The zero-order valence-electron chi connectivity index (χ0n) is 33.7. The fraction of sp³-hybridized carbons (Fsp3) is 0. The van der Waals surface area contributed by atoms with Gasteiger partial charge in [-0.2, -0.15) is 0 Å². The van der Waals surface area contributed by atoms with Crippen LogP contribution in [0.2, 0.25) is 0 Å². The van der Waals surface area contributed by atoms with E-state index in [0.717, 1.165) is 32.3 Å². The number of amides is 2. The van der Waals surface area contributed by atoms with Gasteiger partial charge in [0.05, 0.1) is 5.69 Å². The molecule has 2 aliphatic rings. The summed E-state index contributed by atoms with van der Waals surface area (Å²) < 4.78 is 0. The number of rotatable bonds is 3. The summed E-state index contributed by atoms with van der Waals surface area (Å²) in [5.74, 6) is -0.581. The molecule has 0 unspecified atom stereocenters. The van der Waals surface area contributed by atoms with Gasteiger partial charge in [0.1, 0.15) is 0 Å². The van der Waals surface area contributed by atoms with E-state index in [0.29, 0.717) is 16.8 Å². The van der Waals surface area contributed by atoms with Gasteiger partial charge in [0.15, 0.2) is 0 Å². The number of para-hydroxylation sites is 1. The van der Waals surface area contributed by atoms with Crippen LogP contribution < -0.4 is 4.90 Å². The second-order valence-electron chi connectivity index (χ2n) is 17.3. The Bertz CT molecular complexity index is 3970. The molecular formula is C60H31NO2. The number of imide groups is 1. The molecule has 288 valence electrons. The summed E-state index contributed by atoms with van der Waals surface area (Å²) in [6.07, 6.45) is 0. The second kappa shape index (κ2) is 11.7. The standard InChI is InChI=1S/C60H31NO2/c62-59-47-30-26-43-39-22-20-37-41-24-28-45-55-46(58-50(33-14-6-2-7-15-33)36-19-11-10-18-35(36)49(57(45)58)32-12-4-1-5-13-32)29-25-42(53(41)55)38-21-23-40(52(39)51(37)38)44-27-31-48(56(47)54(43)44)60(63)61(59)34-16-8-3-9-17-34/h1-31H. The lowest BCUT2D eigenvalue weighted by Crippen LogP contribution is -2.40. The van der Waals surface area contributed by atoms with Crippen molar-refractivity contribution in [2.24, 2.45) is 0 Å². The lowest BCUT2D eigenvalue weighted by atomic mass is 9.81. The first kappa shape index (κ1) is 33.3. The molecule has 0 atom stereocenters. The van der Waals surface area contributed by atoms with Crippen molar-refractivity contribution in [1.29, 1.82) is 0 Å². The molecule has 1 heterocycles. The van der Waals surface area contributed by atoms with Crippen molar-refractivity contribution in [3.8, 4) is 44.5 Å². The van der Waals surface area contributed by atoms with Crippen LogP contribution in [0.15, 0.2) is 188 Å². The van der Waals surface area contributed by atoms with Crippen molar-refractivity contribution in [2.45, 2.75) is 0 Å². The summed E-state index contributed by atoms with van der Waals surface area (Å²) >= 11 is 0. The first-order valence-corrected chi connectivity index (χ1v) is 21.6. The molecule has 3 nitrogen and oxygen atoms in total. The van der Waals surface area contributed by atoms with Crippen molar-refractivity contribution < 1.29 is 9.59 Å². The average molecular weight is 798 g/mol. The Kier molecular flexibility index (Phi) is 6.19. The zero-order chi connectivity index (χ0) is 41.2. The first-order valence-electron chi connectivity index (χ1n) is 21.6. The van der Waals surface area contributed by atoms with Crippen LogP contribution in [0.1, 0.15) is 20.7 Å². The maximum Gasteiger partial charge on any atom is 0.265 e. The number of anilines is 1. The van der Waals surface area contributed by atoms with E-state index >= 15 is 0 Å². The quantitative estimate of drug-likeness (QED) is 0.101.